The Morgan fingerprint density at radius 1 is 1.17 bits per heavy atom. The summed E-state index contributed by atoms with van der Waals surface area (Å²) in [4.78, 5) is 28.3. The normalized spacial score (nSPS) is 14.4. The van der Waals surface area contributed by atoms with Gasteiger partial charge in [0.25, 0.3) is 0 Å². The number of pyridine rings is 1. The number of aromatic nitrogens is 1. The first-order chi connectivity index (χ1) is 8.72. The van der Waals surface area contributed by atoms with Gasteiger partial charge in [-0.2, -0.15) is 0 Å². The number of methoxy groups -OCH3 is 1. The van der Waals surface area contributed by atoms with Gasteiger partial charge in [-0.15, -0.1) is 0 Å². The van der Waals surface area contributed by atoms with Gasteiger partial charge in [-0.1, -0.05) is 18.2 Å². The number of para-hydroxylation sites is 1. The molecule has 1 aromatic heterocycles. The van der Waals surface area contributed by atoms with Crippen molar-refractivity contribution in [1.82, 2.24) is 4.98 Å². The first-order valence-electron chi connectivity index (χ1n) is 5.45. The molecular weight excluding hydrogens is 230 g/mol. The number of rotatable bonds is 1. The molecule has 1 aliphatic carbocycles. The Kier molecular flexibility index (Phi) is 2.23. The Hall–Kier alpha value is -2.49. The number of nitrogens with zero attached hydrogens (tertiary/aromatic N) is 1. The van der Waals surface area contributed by atoms with Gasteiger partial charge in [-0.25, -0.2) is 0 Å². The largest absolute Gasteiger partial charge is 0.492 e. The van der Waals surface area contributed by atoms with Crippen LogP contribution in [0.4, 0.5) is 0 Å². The molecule has 1 heterocycles. The third kappa shape index (κ3) is 1.35. The average Bonchev–Trinajstić information content (AvgIpc) is 2.41. The van der Waals surface area contributed by atoms with Crippen molar-refractivity contribution in [2.45, 2.75) is 0 Å². The first kappa shape index (κ1) is 10.7. The fraction of sp³-hybridized carbons (Fsp3) is 0.0714. The Balaban J connectivity index is 2.39. The SMILES string of the molecule is COC1=CC(=O)c2cnc3ccccc3c2C1=O. The van der Waals surface area contributed by atoms with E-state index in [-0.39, 0.29) is 17.3 Å². The van der Waals surface area contributed by atoms with Crippen LogP contribution in [-0.2, 0) is 4.74 Å². The molecule has 4 nitrogen and oxygen atoms in total. The minimum Gasteiger partial charge on any atom is -0.492 e. The lowest BCUT2D eigenvalue weighted by Gasteiger charge is -2.15. The summed E-state index contributed by atoms with van der Waals surface area (Å²) in [6.45, 7) is 0. The van der Waals surface area contributed by atoms with Crippen LogP contribution in [0.2, 0.25) is 0 Å². The molecule has 0 atom stereocenters. The lowest BCUT2D eigenvalue weighted by atomic mass is 9.92. The highest BCUT2D eigenvalue weighted by molar-refractivity contribution is 6.27. The van der Waals surface area contributed by atoms with Crippen LogP contribution in [0.15, 0.2) is 42.3 Å². The topological polar surface area (TPSA) is 56.3 Å². The number of carbonyl (C=O) groups excluding carboxylic acids is 2. The standard InChI is InChI=1S/C14H9NO3/c1-18-12-6-11(16)9-7-15-10-5-3-2-4-8(10)13(9)14(12)17/h2-7H,1H3. The van der Waals surface area contributed by atoms with E-state index in [1.165, 1.54) is 19.4 Å². The molecule has 0 amide bonds. The van der Waals surface area contributed by atoms with Gasteiger partial charge in [-0.05, 0) is 6.07 Å². The van der Waals surface area contributed by atoms with Gasteiger partial charge in [0.1, 0.15) is 0 Å². The third-order valence-electron chi connectivity index (χ3n) is 2.97. The van der Waals surface area contributed by atoms with Gasteiger partial charge in [0.05, 0.1) is 18.2 Å². The summed E-state index contributed by atoms with van der Waals surface area (Å²) in [5, 5.41) is 0.677. The molecule has 0 radical (unpaired) electrons. The predicted octanol–water partition coefficient (Wildman–Crippen LogP) is 2.14. The van der Waals surface area contributed by atoms with Crippen LogP contribution in [0, 0.1) is 0 Å². The smallest absolute Gasteiger partial charge is 0.229 e. The molecule has 0 fully saturated rings. The molecule has 0 saturated carbocycles. The van der Waals surface area contributed by atoms with Crippen molar-refractivity contribution < 1.29 is 14.3 Å². The van der Waals surface area contributed by atoms with Crippen molar-refractivity contribution in [3.63, 3.8) is 0 Å². The maximum absolute atomic E-state index is 12.2. The van der Waals surface area contributed by atoms with Crippen molar-refractivity contribution in [3.8, 4) is 0 Å². The quantitative estimate of drug-likeness (QED) is 0.765. The molecular formula is C14H9NO3. The molecule has 1 aromatic carbocycles. The zero-order valence-corrected chi connectivity index (χ0v) is 9.64. The van der Waals surface area contributed by atoms with Crippen molar-refractivity contribution >= 4 is 22.5 Å². The van der Waals surface area contributed by atoms with Crippen LogP contribution < -0.4 is 0 Å². The van der Waals surface area contributed by atoms with Gasteiger partial charge in [-0.3, -0.25) is 14.6 Å². The number of hydrogen-bond donors (Lipinski definition) is 0. The van der Waals surface area contributed by atoms with Crippen LogP contribution in [0.25, 0.3) is 10.9 Å². The van der Waals surface area contributed by atoms with Crippen LogP contribution in [0.5, 0.6) is 0 Å². The number of ether oxygens (including phenoxy) is 1. The highest BCUT2D eigenvalue weighted by atomic mass is 16.5. The van der Waals surface area contributed by atoms with Gasteiger partial charge in [0, 0.05) is 23.2 Å². The van der Waals surface area contributed by atoms with Crippen LogP contribution in [0.3, 0.4) is 0 Å². The summed E-state index contributed by atoms with van der Waals surface area (Å²) in [7, 11) is 1.38. The number of fused-ring (bicyclic) bond motifs is 3. The molecule has 0 bridgehead atoms. The Morgan fingerprint density at radius 2 is 1.94 bits per heavy atom. The van der Waals surface area contributed by atoms with Gasteiger partial charge < -0.3 is 4.74 Å². The highest BCUT2D eigenvalue weighted by Crippen LogP contribution is 2.27. The van der Waals surface area contributed by atoms with E-state index < -0.39 is 0 Å². The summed E-state index contributed by atoms with van der Waals surface area (Å²) in [5.74, 6) is -0.450. The second kappa shape index (κ2) is 3.77. The zero-order chi connectivity index (χ0) is 12.7. The van der Waals surface area contributed by atoms with Crippen molar-refractivity contribution in [3.05, 3.63) is 53.4 Å². The van der Waals surface area contributed by atoms with Crippen molar-refractivity contribution in [1.29, 1.82) is 0 Å². The molecule has 0 spiro atoms. The molecule has 18 heavy (non-hydrogen) atoms. The average molecular weight is 239 g/mol. The molecule has 0 unspecified atom stereocenters. The maximum atomic E-state index is 12.2. The monoisotopic (exact) mass is 239 g/mol. The molecule has 2 aromatic rings. The summed E-state index contributed by atoms with van der Waals surface area (Å²) in [6, 6.07) is 7.24. The van der Waals surface area contributed by atoms with E-state index in [0.29, 0.717) is 22.0 Å². The molecule has 3 rings (SSSR count). The lowest BCUT2D eigenvalue weighted by Crippen LogP contribution is -2.18. The first-order valence-corrected chi connectivity index (χ1v) is 5.45. The minimum atomic E-state index is -0.272. The lowest BCUT2D eigenvalue weighted by molar-refractivity contribution is 0.0918. The molecule has 1 aliphatic rings. The minimum absolute atomic E-state index is 0.0730. The van der Waals surface area contributed by atoms with E-state index in [2.05, 4.69) is 4.98 Å². The maximum Gasteiger partial charge on any atom is 0.229 e. The second-order valence-electron chi connectivity index (χ2n) is 3.97. The molecule has 0 saturated heterocycles. The second-order valence-corrected chi connectivity index (χ2v) is 3.97. The number of Topliss-reactive ketones (excluding diaryl/α,β-unsaturated/α-hetero) is 1. The molecule has 88 valence electrons. The van der Waals surface area contributed by atoms with Crippen LogP contribution in [0.1, 0.15) is 20.7 Å². The van der Waals surface area contributed by atoms with E-state index in [4.69, 9.17) is 4.74 Å². The van der Waals surface area contributed by atoms with Crippen LogP contribution >= 0.6 is 0 Å². The number of allylic oxidation sites excluding steroid dienone is 2. The summed E-state index contributed by atoms with van der Waals surface area (Å²) in [5.41, 5.74) is 1.40. The molecule has 0 N–H and O–H groups in total. The number of carbonyl (C=O) groups is 2. The Bertz CT molecular complexity index is 716. The summed E-state index contributed by atoms with van der Waals surface area (Å²) >= 11 is 0. The fourth-order valence-electron chi connectivity index (χ4n) is 2.11. The molecule has 4 heteroatoms. The zero-order valence-electron chi connectivity index (χ0n) is 9.64. The van der Waals surface area contributed by atoms with E-state index in [1.807, 2.05) is 12.1 Å². The van der Waals surface area contributed by atoms with Crippen molar-refractivity contribution in [2.24, 2.45) is 0 Å². The number of ketones is 2. The summed E-state index contributed by atoms with van der Waals surface area (Å²) in [6.07, 6.45) is 2.65. The van der Waals surface area contributed by atoms with E-state index in [0.717, 1.165) is 0 Å². The van der Waals surface area contributed by atoms with Crippen molar-refractivity contribution in [2.75, 3.05) is 7.11 Å². The number of benzene rings is 1. The predicted molar refractivity (Wildman–Crippen MR) is 65.5 cm³/mol. The summed E-state index contributed by atoms with van der Waals surface area (Å²) < 4.78 is 4.95. The van der Waals surface area contributed by atoms with Crippen LogP contribution in [-0.4, -0.2) is 23.7 Å². The number of hydrogen-bond acceptors (Lipinski definition) is 4. The highest BCUT2D eigenvalue weighted by Gasteiger charge is 2.28. The van der Waals surface area contributed by atoms with Gasteiger partial charge in [0.2, 0.25) is 5.78 Å². The Labute approximate surface area is 103 Å². The van der Waals surface area contributed by atoms with E-state index >= 15 is 0 Å². The van der Waals surface area contributed by atoms with Gasteiger partial charge >= 0.3 is 0 Å². The third-order valence-corrected chi connectivity index (χ3v) is 2.97. The molecule has 0 aliphatic heterocycles. The fourth-order valence-corrected chi connectivity index (χ4v) is 2.11. The van der Waals surface area contributed by atoms with E-state index in [1.54, 1.807) is 12.1 Å². The van der Waals surface area contributed by atoms with Gasteiger partial charge in [0.15, 0.2) is 11.5 Å². The van der Waals surface area contributed by atoms with E-state index in [9.17, 15) is 9.59 Å². The Morgan fingerprint density at radius 3 is 2.72 bits per heavy atom.